The third kappa shape index (κ3) is 2.54. The number of aliphatic hydroxyl groups excluding tert-OH is 1. The molecule has 1 aliphatic rings. The molecule has 0 saturated carbocycles. The van der Waals surface area contributed by atoms with E-state index in [-0.39, 0.29) is 11.4 Å². The molecule has 1 fully saturated rings. The van der Waals surface area contributed by atoms with E-state index in [9.17, 15) is 13.5 Å². The van der Waals surface area contributed by atoms with Crippen molar-refractivity contribution in [1.29, 1.82) is 0 Å². The fourth-order valence-corrected chi connectivity index (χ4v) is 4.11. The van der Waals surface area contributed by atoms with Crippen LogP contribution in [0.4, 0.5) is 0 Å². The van der Waals surface area contributed by atoms with Gasteiger partial charge in [-0.2, -0.15) is 4.31 Å². The van der Waals surface area contributed by atoms with Crippen molar-refractivity contribution in [2.24, 2.45) is 0 Å². The van der Waals surface area contributed by atoms with E-state index in [1.165, 1.54) is 17.5 Å². The lowest BCUT2D eigenvalue weighted by molar-refractivity contribution is 0.189. The van der Waals surface area contributed by atoms with E-state index in [1.54, 1.807) is 12.1 Å². The summed E-state index contributed by atoms with van der Waals surface area (Å²) in [7, 11) is -2.19. The summed E-state index contributed by atoms with van der Waals surface area (Å²) in [5.74, 6) is 0.305. The molecule has 0 radical (unpaired) electrons. The molecule has 2 rings (SSSR count). The molecule has 0 aliphatic carbocycles. The minimum absolute atomic E-state index is 0.119. The van der Waals surface area contributed by atoms with Crippen molar-refractivity contribution in [2.75, 3.05) is 20.2 Å². The predicted octanol–water partition coefficient (Wildman–Crippen LogP) is 1.21. The van der Waals surface area contributed by atoms with E-state index >= 15 is 0 Å². The van der Waals surface area contributed by atoms with Crippen LogP contribution >= 0.6 is 15.9 Å². The van der Waals surface area contributed by atoms with Crippen LogP contribution in [-0.2, 0) is 10.0 Å². The Labute approximate surface area is 115 Å². The maximum atomic E-state index is 12.4. The first-order chi connectivity index (χ1) is 8.45. The van der Waals surface area contributed by atoms with Crippen LogP contribution in [0.5, 0.6) is 5.75 Å². The van der Waals surface area contributed by atoms with Gasteiger partial charge in [0.05, 0.1) is 13.2 Å². The number of sulfonamides is 1. The summed E-state index contributed by atoms with van der Waals surface area (Å²) in [6, 6.07) is 4.83. The lowest BCUT2D eigenvalue weighted by atomic mass is 10.3. The van der Waals surface area contributed by atoms with Crippen molar-refractivity contribution in [3.63, 3.8) is 0 Å². The van der Waals surface area contributed by atoms with Crippen molar-refractivity contribution < 1.29 is 18.3 Å². The minimum Gasteiger partial charge on any atom is -0.495 e. The third-order valence-electron chi connectivity index (χ3n) is 2.87. The van der Waals surface area contributed by atoms with Gasteiger partial charge < -0.3 is 9.84 Å². The van der Waals surface area contributed by atoms with Crippen LogP contribution in [-0.4, -0.2) is 44.1 Å². The molecule has 0 amide bonds. The van der Waals surface area contributed by atoms with Crippen molar-refractivity contribution in [3.8, 4) is 5.75 Å². The van der Waals surface area contributed by atoms with E-state index in [2.05, 4.69) is 15.9 Å². The van der Waals surface area contributed by atoms with E-state index in [1.807, 2.05) is 0 Å². The molecule has 1 saturated heterocycles. The predicted molar refractivity (Wildman–Crippen MR) is 70.1 cm³/mol. The van der Waals surface area contributed by atoms with Crippen molar-refractivity contribution in [3.05, 3.63) is 22.7 Å². The number of ether oxygens (including phenoxy) is 1. The maximum absolute atomic E-state index is 12.4. The highest BCUT2D eigenvalue weighted by atomic mass is 79.9. The first-order valence-corrected chi connectivity index (χ1v) is 7.70. The Morgan fingerprint density at radius 1 is 1.50 bits per heavy atom. The Hall–Kier alpha value is -0.630. The Bertz CT molecular complexity index is 546. The van der Waals surface area contributed by atoms with Gasteiger partial charge in [-0.05, 0) is 24.6 Å². The Morgan fingerprint density at radius 2 is 2.22 bits per heavy atom. The van der Waals surface area contributed by atoms with Gasteiger partial charge in [0.2, 0.25) is 10.0 Å². The highest BCUT2D eigenvalue weighted by molar-refractivity contribution is 9.10. The van der Waals surface area contributed by atoms with Gasteiger partial charge in [0, 0.05) is 17.6 Å². The number of methoxy groups -OCH3 is 1. The normalized spacial score (nSPS) is 21.2. The molecular formula is C11H14BrNO4S. The van der Waals surface area contributed by atoms with Crippen LogP contribution in [0.15, 0.2) is 27.6 Å². The van der Waals surface area contributed by atoms with Crippen molar-refractivity contribution in [1.82, 2.24) is 4.31 Å². The third-order valence-corrected chi connectivity index (χ3v) is 5.25. The van der Waals surface area contributed by atoms with Crippen LogP contribution in [0.3, 0.4) is 0 Å². The van der Waals surface area contributed by atoms with Crippen LogP contribution in [0.2, 0.25) is 0 Å². The molecule has 7 heteroatoms. The Morgan fingerprint density at radius 3 is 2.78 bits per heavy atom. The number of benzene rings is 1. The Balaban J connectivity index is 2.43. The monoisotopic (exact) mass is 335 g/mol. The van der Waals surface area contributed by atoms with Gasteiger partial charge in [-0.15, -0.1) is 0 Å². The number of hydrogen-bond acceptors (Lipinski definition) is 4. The molecule has 18 heavy (non-hydrogen) atoms. The molecular weight excluding hydrogens is 322 g/mol. The molecule has 100 valence electrons. The van der Waals surface area contributed by atoms with Gasteiger partial charge in [0.15, 0.2) is 0 Å². The molecule has 1 aromatic rings. The Kier molecular flexibility index (Phi) is 3.96. The molecule has 0 bridgehead atoms. The number of nitrogens with zero attached hydrogens (tertiary/aromatic N) is 1. The summed E-state index contributed by atoms with van der Waals surface area (Å²) >= 11 is 3.25. The smallest absolute Gasteiger partial charge is 0.246 e. The number of halogens is 1. The van der Waals surface area contributed by atoms with Crippen LogP contribution in [0.25, 0.3) is 0 Å². The topological polar surface area (TPSA) is 66.8 Å². The minimum atomic E-state index is -3.62. The number of β-amino-alcohol motifs (C(OH)–C–C–N with tert-alkyl or cyclic N) is 1. The first-order valence-electron chi connectivity index (χ1n) is 5.47. The number of aliphatic hydroxyl groups is 1. The molecule has 1 N–H and O–H groups in total. The largest absolute Gasteiger partial charge is 0.495 e. The SMILES string of the molecule is COc1ccc(Br)cc1S(=O)(=O)N1CC[C@H](O)C1. The van der Waals surface area contributed by atoms with Crippen LogP contribution < -0.4 is 4.74 Å². The molecule has 1 atom stereocenters. The van der Waals surface area contributed by atoms with E-state index in [0.717, 1.165) is 0 Å². The van der Waals surface area contributed by atoms with Crippen molar-refractivity contribution >= 4 is 26.0 Å². The van der Waals surface area contributed by atoms with Gasteiger partial charge in [0.25, 0.3) is 0 Å². The summed E-state index contributed by atoms with van der Waals surface area (Å²) < 4.78 is 31.9. The zero-order chi connectivity index (χ0) is 13.3. The lowest BCUT2D eigenvalue weighted by Gasteiger charge is -2.17. The fraction of sp³-hybridized carbons (Fsp3) is 0.455. The van der Waals surface area contributed by atoms with E-state index in [0.29, 0.717) is 23.2 Å². The van der Waals surface area contributed by atoms with Gasteiger partial charge >= 0.3 is 0 Å². The summed E-state index contributed by atoms with van der Waals surface area (Å²) in [5.41, 5.74) is 0. The zero-order valence-corrected chi connectivity index (χ0v) is 12.2. The summed E-state index contributed by atoms with van der Waals surface area (Å²) in [6.45, 7) is 0.469. The second kappa shape index (κ2) is 5.16. The second-order valence-corrected chi connectivity index (χ2v) is 6.92. The first kappa shape index (κ1) is 13.8. The molecule has 5 nitrogen and oxygen atoms in total. The lowest BCUT2D eigenvalue weighted by Crippen LogP contribution is -2.30. The molecule has 0 unspecified atom stereocenters. The average Bonchev–Trinajstić information content (AvgIpc) is 2.76. The fourth-order valence-electron chi connectivity index (χ4n) is 1.92. The van der Waals surface area contributed by atoms with Crippen LogP contribution in [0.1, 0.15) is 6.42 Å². The summed E-state index contributed by atoms with van der Waals surface area (Å²) in [4.78, 5) is 0.119. The molecule has 0 spiro atoms. The van der Waals surface area contributed by atoms with Crippen molar-refractivity contribution in [2.45, 2.75) is 17.4 Å². The van der Waals surface area contributed by atoms with Crippen LogP contribution in [0, 0.1) is 0 Å². The zero-order valence-electron chi connectivity index (χ0n) is 9.84. The molecule has 0 aromatic heterocycles. The average molecular weight is 336 g/mol. The quantitative estimate of drug-likeness (QED) is 0.901. The van der Waals surface area contributed by atoms with Gasteiger partial charge in [-0.3, -0.25) is 0 Å². The van der Waals surface area contributed by atoms with Gasteiger partial charge in [-0.1, -0.05) is 15.9 Å². The van der Waals surface area contributed by atoms with E-state index < -0.39 is 16.1 Å². The number of hydrogen-bond donors (Lipinski definition) is 1. The highest BCUT2D eigenvalue weighted by Crippen LogP contribution is 2.31. The van der Waals surface area contributed by atoms with E-state index in [4.69, 9.17) is 4.74 Å². The standard InChI is InChI=1S/C11H14BrNO4S/c1-17-10-3-2-8(12)6-11(10)18(15,16)13-5-4-9(14)7-13/h2-3,6,9,14H,4-5,7H2,1H3/t9-/m0/s1. The molecule has 1 aromatic carbocycles. The molecule has 1 aliphatic heterocycles. The van der Waals surface area contributed by atoms with Gasteiger partial charge in [-0.25, -0.2) is 8.42 Å². The number of rotatable bonds is 3. The molecule has 1 heterocycles. The maximum Gasteiger partial charge on any atom is 0.246 e. The highest BCUT2D eigenvalue weighted by Gasteiger charge is 2.33. The summed E-state index contributed by atoms with van der Waals surface area (Å²) in [6.07, 6.45) is -0.117. The van der Waals surface area contributed by atoms with Gasteiger partial charge in [0.1, 0.15) is 10.6 Å². The second-order valence-electron chi connectivity index (χ2n) is 4.10. The summed E-state index contributed by atoms with van der Waals surface area (Å²) in [5, 5.41) is 9.44.